The number of rotatable bonds is 2. The third kappa shape index (κ3) is 1.99. The molecule has 2 aliphatic rings. The lowest BCUT2D eigenvalue weighted by atomic mass is 9.73. The van der Waals surface area contributed by atoms with Crippen LogP contribution in [-0.4, -0.2) is 35.0 Å². The Hall–Kier alpha value is -1.26. The van der Waals surface area contributed by atoms with E-state index >= 15 is 0 Å². The van der Waals surface area contributed by atoms with Gasteiger partial charge in [0.25, 0.3) is 0 Å². The third-order valence-corrected chi connectivity index (χ3v) is 4.45. The molecule has 3 rings (SSSR count). The van der Waals surface area contributed by atoms with Crippen molar-refractivity contribution in [2.45, 2.75) is 44.2 Å². The molecular formula is C15H21NO3. The van der Waals surface area contributed by atoms with Crippen LogP contribution in [-0.2, 0) is 17.6 Å². The summed E-state index contributed by atoms with van der Waals surface area (Å²) in [5.74, 6) is -0.00628. The van der Waals surface area contributed by atoms with Gasteiger partial charge in [-0.3, -0.25) is 0 Å². The number of nitrogens with one attached hydrogen (secondary N) is 1. The Balaban J connectivity index is 2.02. The molecule has 1 aliphatic heterocycles. The topological polar surface area (TPSA) is 61.7 Å². The minimum Gasteiger partial charge on any atom is -0.504 e. The van der Waals surface area contributed by atoms with Gasteiger partial charge >= 0.3 is 0 Å². The van der Waals surface area contributed by atoms with Crippen LogP contribution in [0.3, 0.4) is 0 Å². The van der Waals surface area contributed by atoms with E-state index in [9.17, 15) is 10.2 Å². The highest BCUT2D eigenvalue weighted by Gasteiger charge is 2.45. The molecule has 0 radical (unpaired) electrons. The van der Waals surface area contributed by atoms with Gasteiger partial charge in [-0.1, -0.05) is 19.4 Å². The maximum absolute atomic E-state index is 10.1. The van der Waals surface area contributed by atoms with Crippen molar-refractivity contribution in [3.05, 3.63) is 23.3 Å². The first-order valence-electron chi connectivity index (χ1n) is 7.06. The Morgan fingerprint density at radius 2 is 2.26 bits per heavy atom. The molecule has 1 aliphatic carbocycles. The second-order valence-electron chi connectivity index (χ2n) is 5.62. The summed E-state index contributed by atoms with van der Waals surface area (Å²) >= 11 is 0. The van der Waals surface area contributed by atoms with Crippen LogP contribution in [0.5, 0.6) is 11.5 Å². The van der Waals surface area contributed by atoms with Crippen LogP contribution in [0.25, 0.3) is 0 Å². The van der Waals surface area contributed by atoms with Crippen molar-refractivity contribution in [3.8, 4) is 11.5 Å². The summed E-state index contributed by atoms with van der Waals surface area (Å²) in [5.41, 5.74) is 1.74. The minimum absolute atomic E-state index is 0.0283. The van der Waals surface area contributed by atoms with Gasteiger partial charge in [0.15, 0.2) is 11.5 Å². The Labute approximate surface area is 113 Å². The Bertz CT molecular complexity index is 485. The minimum atomic E-state index is -0.231. The third-order valence-electron chi connectivity index (χ3n) is 4.45. The first kappa shape index (κ1) is 12.8. The number of phenolic OH excluding ortho intramolecular Hbond substituents is 2. The molecule has 2 atom stereocenters. The normalized spacial score (nSPS) is 29.6. The Kier molecular flexibility index (Phi) is 3.15. The number of phenols is 2. The van der Waals surface area contributed by atoms with Crippen LogP contribution in [0.2, 0.25) is 0 Å². The molecule has 0 amide bonds. The highest BCUT2D eigenvalue weighted by atomic mass is 16.5. The number of fused-ring (bicyclic) bond motifs is 2. The average Bonchev–Trinajstić information content (AvgIpc) is 2.42. The van der Waals surface area contributed by atoms with Crippen molar-refractivity contribution in [2.24, 2.45) is 0 Å². The van der Waals surface area contributed by atoms with Crippen LogP contribution in [0.15, 0.2) is 12.1 Å². The lowest BCUT2D eigenvalue weighted by molar-refractivity contribution is -0.106. The molecule has 0 spiro atoms. The van der Waals surface area contributed by atoms with E-state index in [4.69, 9.17) is 4.74 Å². The molecule has 1 aromatic rings. The summed E-state index contributed by atoms with van der Waals surface area (Å²) < 4.78 is 6.11. The van der Waals surface area contributed by atoms with Crippen LogP contribution in [0.1, 0.15) is 30.9 Å². The number of morpholine rings is 1. The van der Waals surface area contributed by atoms with E-state index in [1.165, 1.54) is 0 Å². The molecule has 19 heavy (non-hydrogen) atoms. The fourth-order valence-corrected chi connectivity index (χ4v) is 3.54. The van der Waals surface area contributed by atoms with Crippen molar-refractivity contribution in [3.63, 3.8) is 0 Å². The van der Waals surface area contributed by atoms with E-state index in [0.717, 1.165) is 36.9 Å². The number of aromatic hydroxyl groups is 2. The van der Waals surface area contributed by atoms with E-state index < -0.39 is 0 Å². The summed E-state index contributed by atoms with van der Waals surface area (Å²) in [6, 6.07) is 3.79. The molecule has 3 N–H and O–H groups in total. The van der Waals surface area contributed by atoms with Gasteiger partial charge in [-0.15, -0.1) is 0 Å². The molecule has 1 fully saturated rings. The fourth-order valence-electron chi connectivity index (χ4n) is 3.54. The molecular weight excluding hydrogens is 242 g/mol. The molecule has 1 aromatic carbocycles. The van der Waals surface area contributed by atoms with Crippen LogP contribution >= 0.6 is 0 Å². The number of ether oxygens (including phenoxy) is 1. The number of hydrogen-bond acceptors (Lipinski definition) is 4. The predicted octanol–water partition coefficient (Wildman–Crippen LogP) is 1.72. The number of hydrogen-bond donors (Lipinski definition) is 3. The van der Waals surface area contributed by atoms with Gasteiger partial charge in [0, 0.05) is 24.6 Å². The summed E-state index contributed by atoms with van der Waals surface area (Å²) in [6.07, 6.45) is 3.55. The fraction of sp³-hybridized carbons (Fsp3) is 0.600. The van der Waals surface area contributed by atoms with Crippen LogP contribution < -0.4 is 5.32 Å². The first-order chi connectivity index (χ1) is 9.16. The maximum Gasteiger partial charge on any atom is 0.161 e. The highest BCUT2D eigenvalue weighted by molar-refractivity contribution is 5.51. The molecule has 1 saturated heterocycles. The second kappa shape index (κ2) is 4.69. The van der Waals surface area contributed by atoms with Crippen LogP contribution in [0.4, 0.5) is 0 Å². The number of benzene rings is 1. The van der Waals surface area contributed by atoms with Crippen molar-refractivity contribution < 1.29 is 14.9 Å². The van der Waals surface area contributed by atoms with Gasteiger partial charge in [0.2, 0.25) is 0 Å². The molecule has 1 heterocycles. The maximum atomic E-state index is 10.1. The van der Waals surface area contributed by atoms with E-state index in [-0.39, 0.29) is 17.1 Å². The summed E-state index contributed by atoms with van der Waals surface area (Å²) in [4.78, 5) is 0. The highest BCUT2D eigenvalue weighted by Crippen LogP contribution is 2.42. The average molecular weight is 263 g/mol. The monoisotopic (exact) mass is 263 g/mol. The summed E-state index contributed by atoms with van der Waals surface area (Å²) in [6.45, 7) is 3.75. The molecule has 104 valence electrons. The Morgan fingerprint density at radius 3 is 3.05 bits per heavy atom. The first-order valence-corrected chi connectivity index (χ1v) is 7.06. The molecule has 0 aromatic heterocycles. The lowest BCUT2D eigenvalue weighted by Gasteiger charge is -2.48. The van der Waals surface area contributed by atoms with Crippen LogP contribution in [0, 0.1) is 0 Å². The van der Waals surface area contributed by atoms with Crippen molar-refractivity contribution in [1.29, 1.82) is 0 Å². The van der Waals surface area contributed by atoms with Crippen molar-refractivity contribution in [1.82, 2.24) is 5.32 Å². The second-order valence-corrected chi connectivity index (χ2v) is 5.62. The van der Waals surface area contributed by atoms with Gasteiger partial charge in [0.05, 0.1) is 12.2 Å². The standard InChI is InChI=1S/C15H21NO3/c1-2-5-15-9-11-10(3-4-12(17)14(11)18)8-13(15)16-6-7-19-15/h3-4,13,16-18H,2,5-9H2,1H3. The largest absolute Gasteiger partial charge is 0.504 e. The zero-order valence-corrected chi connectivity index (χ0v) is 11.3. The SMILES string of the molecule is CCCC12Cc3c(ccc(O)c3O)CC1NCCO2. The van der Waals surface area contributed by atoms with E-state index in [0.29, 0.717) is 19.1 Å². The van der Waals surface area contributed by atoms with Gasteiger partial charge in [-0.2, -0.15) is 0 Å². The van der Waals surface area contributed by atoms with Gasteiger partial charge in [0.1, 0.15) is 0 Å². The van der Waals surface area contributed by atoms with Crippen molar-refractivity contribution >= 4 is 0 Å². The Morgan fingerprint density at radius 1 is 1.42 bits per heavy atom. The smallest absolute Gasteiger partial charge is 0.161 e. The molecule has 4 nitrogen and oxygen atoms in total. The molecule has 4 heteroatoms. The van der Waals surface area contributed by atoms with E-state index in [2.05, 4.69) is 12.2 Å². The van der Waals surface area contributed by atoms with Gasteiger partial charge < -0.3 is 20.3 Å². The molecule has 0 saturated carbocycles. The van der Waals surface area contributed by atoms with E-state index in [1.807, 2.05) is 6.07 Å². The lowest BCUT2D eigenvalue weighted by Crippen LogP contribution is -2.61. The zero-order chi connectivity index (χ0) is 13.5. The quantitative estimate of drug-likeness (QED) is 0.711. The van der Waals surface area contributed by atoms with E-state index in [1.54, 1.807) is 6.07 Å². The summed E-state index contributed by atoms with van der Waals surface area (Å²) in [5, 5.41) is 23.3. The summed E-state index contributed by atoms with van der Waals surface area (Å²) in [7, 11) is 0. The predicted molar refractivity (Wildman–Crippen MR) is 72.6 cm³/mol. The van der Waals surface area contributed by atoms with Crippen molar-refractivity contribution in [2.75, 3.05) is 13.2 Å². The molecule has 2 unspecified atom stereocenters. The van der Waals surface area contributed by atoms with Gasteiger partial charge in [-0.05, 0) is 24.5 Å². The van der Waals surface area contributed by atoms with Gasteiger partial charge in [-0.25, -0.2) is 0 Å². The molecule has 0 bridgehead atoms. The zero-order valence-electron chi connectivity index (χ0n) is 11.3.